The Balaban J connectivity index is 0.00000128. The van der Waals surface area contributed by atoms with E-state index in [4.69, 9.17) is 15.2 Å². The van der Waals surface area contributed by atoms with Crippen molar-refractivity contribution in [2.75, 3.05) is 20.0 Å². The predicted molar refractivity (Wildman–Crippen MR) is 65.5 cm³/mol. The smallest absolute Gasteiger partial charge is 0.146 e. The maximum absolute atomic E-state index is 6.24. The summed E-state index contributed by atoms with van der Waals surface area (Å²) in [6, 6.07) is 10.0. The minimum absolute atomic E-state index is 0. The molecule has 4 heteroatoms. The molecule has 3 nitrogen and oxygen atoms in total. The second-order valence-corrected chi connectivity index (χ2v) is 4.36. The zero-order valence-electron chi connectivity index (χ0n) is 9.39. The lowest BCUT2D eigenvalue weighted by Gasteiger charge is -2.38. The normalized spacial score (nSPS) is 20.9. The van der Waals surface area contributed by atoms with Crippen LogP contribution in [-0.2, 0) is 9.47 Å². The molecule has 0 aliphatic carbocycles. The van der Waals surface area contributed by atoms with Crippen molar-refractivity contribution in [3.63, 3.8) is 0 Å². The number of nitrogens with two attached hydrogens (primary N) is 1. The number of halogens is 1. The first kappa shape index (κ1) is 13.5. The molecule has 2 rings (SSSR count). The molecule has 16 heavy (non-hydrogen) atoms. The Labute approximate surface area is 102 Å². The Morgan fingerprint density at radius 2 is 1.75 bits per heavy atom. The van der Waals surface area contributed by atoms with Gasteiger partial charge in [0.2, 0.25) is 0 Å². The topological polar surface area (TPSA) is 44.5 Å². The van der Waals surface area contributed by atoms with E-state index in [-0.39, 0.29) is 23.9 Å². The summed E-state index contributed by atoms with van der Waals surface area (Å²) >= 11 is 0. The Bertz CT molecular complexity index is 312. The van der Waals surface area contributed by atoms with Crippen molar-refractivity contribution in [2.24, 2.45) is 11.1 Å². The zero-order valence-corrected chi connectivity index (χ0v) is 10.2. The third-order valence-electron chi connectivity index (χ3n) is 2.94. The van der Waals surface area contributed by atoms with Gasteiger partial charge in [0.05, 0.1) is 13.2 Å². The van der Waals surface area contributed by atoms with E-state index in [1.54, 1.807) is 0 Å². The molecule has 1 unspecified atom stereocenters. The van der Waals surface area contributed by atoms with Crippen molar-refractivity contribution in [1.82, 2.24) is 0 Å². The Morgan fingerprint density at radius 1 is 1.19 bits per heavy atom. The van der Waals surface area contributed by atoms with Gasteiger partial charge in [0.1, 0.15) is 6.79 Å². The molecular formula is C12H18ClNO2. The van der Waals surface area contributed by atoms with Gasteiger partial charge in [0, 0.05) is 11.5 Å². The van der Waals surface area contributed by atoms with Gasteiger partial charge in [-0.05, 0) is 5.56 Å². The molecule has 1 atom stereocenters. The van der Waals surface area contributed by atoms with Crippen LogP contribution in [0.25, 0.3) is 0 Å². The van der Waals surface area contributed by atoms with Crippen LogP contribution in [0.15, 0.2) is 30.3 Å². The maximum Gasteiger partial charge on any atom is 0.146 e. The van der Waals surface area contributed by atoms with E-state index in [9.17, 15) is 0 Å². The number of ether oxygens (including phenoxy) is 2. The minimum Gasteiger partial charge on any atom is -0.355 e. The average molecular weight is 244 g/mol. The Hall–Kier alpha value is -0.610. The third kappa shape index (κ3) is 2.74. The lowest BCUT2D eigenvalue weighted by atomic mass is 9.80. The minimum atomic E-state index is -0.125. The van der Waals surface area contributed by atoms with Gasteiger partial charge in [-0.2, -0.15) is 0 Å². The van der Waals surface area contributed by atoms with Gasteiger partial charge in [0.25, 0.3) is 0 Å². The van der Waals surface area contributed by atoms with E-state index >= 15 is 0 Å². The van der Waals surface area contributed by atoms with Crippen LogP contribution in [-0.4, -0.2) is 20.0 Å². The second kappa shape index (κ2) is 5.64. The van der Waals surface area contributed by atoms with E-state index in [1.165, 1.54) is 0 Å². The van der Waals surface area contributed by atoms with Crippen LogP contribution in [0.2, 0.25) is 0 Å². The van der Waals surface area contributed by atoms with E-state index in [1.807, 2.05) is 30.3 Å². The van der Waals surface area contributed by atoms with Crippen molar-refractivity contribution in [3.05, 3.63) is 35.9 Å². The van der Waals surface area contributed by atoms with E-state index in [0.29, 0.717) is 20.0 Å². The fraction of sp³-hybridized carbons (Fsp3) is 0.500. The molecule has 1 aromatic carbocycles. The van der Waals surface area contributed by atoms with Crippen molar-refractivity contribution in [2.45, 2.75) is 13.0 Å². The SMILES string of the molecule is CC1(C(N)c2ccccc2)COCOC1.Cl. The molecule has 0 spiro atoms. The van der Waals surface area contributed by atoms with Crippen LogP contribution < -0.4 is 5.73 Å². The van der Waals surface area contributed by atoms with Gasteiger partial charge in [-0.15, -0.1) is 12.4 Å². The Kier molecular flexibility index (Phi) is 4.74. The largest absolute Gasteiger partial charge is 0.355 e. The molecule has 0 aromatic heterocycles. The first-order valence-corrected chi connectivity index (χ1v) is 5.18. The van der Waals surface area contributed by atoms with Gasteiger partial charge in [-0.25, -0.2) is 0 Å². The fourth-order valence-electron chi connectivity index (χ4n) is 1.89. The quantitative estimate of drug-likeness (QED) is 0.866. The molecule has 0 bridgehead atoms. The van der Waals surface area contributed by atoms with Crippen molar-refractivity contribution >= 4 is 12.4 Å². The summed E-state index contributed by atoms with van der Waals surface area (Å²) in [6.45, 7) is 3.80. The van der Waals surface area contributed by atoms with Crippen molar-refractivity contribution in [1.29, 1.82) is 0 Å². The van der Waals surface area contributed by atoms with E-state index in [2.05, 4.69) is 6.92 Å². The summed E-state index contributed by atoms with van der Waals surface area (Å²) in [4.78, 5) is 0. The highest BCUT2D eigenvalue weighted by Crippen LogP contribution is 2.34. The van der Waals surface area contributed by atoms with Gasteiger partial charge in [0.15, 0.2) is 0 Å². The lowest BCUT2D eigenvalue weighted by molar-refractivity contribution is -0.166. The molecule has 0 radical (unpaired) electrons. The van der Waals surface area contributed by atoms with Crippen LogP contribution >= 0.6 is 12.4 Å². The highest BCUT2D eigenvalue weighted by atomic mass is 35.5. The summed E-state index contributed by atoms with van der Waals surface area (Å²) < 4.78 is 10.7. The first-order chi connectivity index (χ1) is 7.22. The Morgan fingerprint density at radius 3 is 2.31 bits per heavy atom. The number of rotatable bonds is 2. The lowest BCUT2D eigenvalue weighted by Crippen LogP contribution is -2.43. The molecule has 1 fully saturated rings. The second-order valence-electron chi connectivity index (χ2n) is 4.36. The predicted octanol–water partition coefficient (Wildman–Crippen LogP) is 2.12. The standard InChI is InChI=1S/C12H17NO2.ClH/c1-12(7-14-9-15-8-12)11(13)10-5-3-2-4-6-10;/h2-6,11H,7-9,13H2,1H3;1H. The van der Waals surface area contributed by atoms with Crippen LogP contribution in [0, 0.1) is 5.41 Å². The molecule has 0 saturated carbocycles. The van der Waals surface area contributed by atoms with Crippen LogP contribution in [0.5, 0.6) is 0 Å². The molecule has 0 amide bonds. The number of hydrogen-bond donors (Lipinski definition) is 1. The molecule has 2 N–H and O–H groups in total. The van der Waals surface area contributed by atoms with Crippen molar-refractivity contribution < 1.29 is 9.47 Å². The van der Waals surface area contributed by atoms with Crippen molar-refractivity contribution in [3.8, 4) is 0 Å². The fourth-order valence-corrected chi connectivity index (χ4v) is 1.89. The molecule has 90 valence electrons. The summed E-state index contributed by atoms with van der Waals surface area (Å²) in [5.41, 5.74) is 7.25. The summed E-state index contributed by atoms with van der Waals surface area (Å²) in [5.74, 6) is 0. The number of hydrogen-bond acceptors (Lipinski definition) is 3. The van der Waals surface area contributed by atoms with E-state index in [0.717, 1.165) is 5.56 Å². The molecule has 1 aliphatic rings. The first-order valence-electron chi connectivity index (χ1n) is 5.18. The monoisotopic (exact) mass is 243 g/mol. The van der Waals surface area contributed by atoms with Gasteiger partial charge in [-0.1, -0.05) is 37.3 Å². The third-order valence-corrected chi connectivity index (χ3v) is 2.94. The summed E-state index contributed by atoms with van der Waals surface area (Å²) in [5, 5.41) is 0. The highest BCUT2D eigenvalue weighted by molar-refractivity contribution is 5.85. The highest BCUT2D eigenvalue weighted by Gasteiger charge is 2.35. The summed E-state index contributed by atoms with van der Waals surface area (Å²) in [6.07, 6.45) is 0. The molecular weight excluding hydrogens is 226 g/mol. The van der Waals surface area contributed by atoms with Gasteiger partial charge >= 0.3 is 0 Å². The van der Waals surface area contributed by atoms with Crippen LogP contribution in [0.1, 0.15) is 18.5 Å². The molecule has 1 aromatic rings. The zero-order chi connectivity index (χ0) is 10.7. The van der Waals surface area contributed by atoms with Crippen LogP contribution in [0.4, 0.5) is 0 Å². The molecule has 1 saturated heterocycles. The molecule has 1 heterocycles. The van der Waals surface area contributed by atoms with Crippen LogP contribution in [0.3, 0.4) is 0 Å². The average Bonchev–Trinajstić information content (AvgIpc) is 2.30. The van der Waals surface area contributed by atoms with Gasteiger partial charge in [-0.3, -0.25) is 0 Å². The van der Waals surface area contributed by atoms with E-state index < -0.39 is 0 Å². The molecule has 1 aliphatic heterocycles. The maximum atomic E-state index is 6.24. The van der Waals surface area contributed by atoms with Gasteiger partial charge < -0.3 is 15.2 Å². The number of benzene rings is 1. The summed E-state index contributed by atoms with van der Waals surface area (Å²) in [7, 11) is 0.